The zero-order chi connectivity index (χ0) is 23.3. The second-order valence-electron chi connectivity index (χ2n) is 7.29. The minimum Gasteiger partial charge on any atom is -0.462 e. The van der Waals surface area contributed by atoms with Crippen molar-refractivity contribution in [1.82, 2.24) is 0 Å². The quantitative estimate of drug-likeness (QED) is 0.521. The summed E-state index contributed by atoms with van der Waals surface area (Å²) in [6.45, 7) is 3.65. The van der Waals surface area contributed by atoms with Crippen LogP contribution in [0.2, 0.25) is 0 Å². The fraction of sp³-hybridized carbons (Fsp3) is 0.136. The lowest BCUT2D eigenvalue weighted by Crippen LogP contribution is -2.13. The fourth-order valence-corrected chi connectivity index (χ4v) is 4.32. The summed E-state index contributed by atoms with van der Waals surface area (Å²) in [5.74, 6) is 0.749. The lowest BCUT2D eigenvalue weighted by molar-refractivity contribution is -0.137. The molecule has 3 aromatic rings. The summed E-state index contributed by atoms with van der Waals surface area (Å²) < 4.78 is 71.6. The highest BCUT2D eigenvalue weighted by Gasteiger charge is 2.30. The molecule has 2 heterocycles. The molecule has 166 valence electrons. The Morgan fingerprint density at radius 1 is 1.03 bits per heavy atom. The standard InChI is InChI=1S/C22H17F3N2O4S/c1-12-9-16(31-13(12)2)10-19-18-11-17(7-8-20(18)26-21(19)28)32(29,30)27-15-5-3-14(4-6-15)22(23,24)25/h3-11,27H,1-2H3,(H,26,28). The number of benzene rings is 2. The maximum Gasteiger partial charge on any atom is 0.416 e. The maximum atomic E-state index is 12.8. The summed E-state index contributed by atoms with van der Waals surface area (Å²) >= 11 is 0. The molecule has 0 aliphatic carbocycles. The van der Waals surface area contributed by atoms with Gasteiger partial charge in [0.25, 0.3) is 15.9 Å². The van der Waals surface area contributed by atoms with Gasteiger partial charge in [0.05, 0.1) is 16.0 Å². The van der Waals surface area contributed by atoms with Crippen molar-refractivity contribution in [2.45, 2.75) is 24.9 Å². The molecule has 1 amide bonds. The summed E-state index contributed by atoms with van der Waals surface area (Å²) in [5.41, 5.74) is 1.05. The van der Waals surface area contributed by atoms with E-state index in [4.69, 9.17) is 4.42 Å². The van der Waals surface area contributed by atoms with Crippen LogP contribution in [-0.2, 0) is 21.0 Å². The first-order valence-corrected chi connectivity index (χ1v) is 10.9. The number of halogens is 3. The number of rotatable bonds is 4. The number of fused-ring (bicyclic) bond motifs is 1. The van der Waals surface area contributed by atoms with Gasteiger partial charge in [-0.15, -0.1) is 0 Å². The van der Waals surface area contributed by atoms with Crippen LogP contribution in [0.15, 0.2) is 57.8 Å². The summed E-state index contributed by atoms with van der Waals surface area (Å²) in [6.07, 6.45) is -2.99. The second-order valence-corrected chi connectivity index (χ2v) is 8.97. The lowest BCUT2D eigenvalue weighted by Gasteiger charge is -2.11. The monoisotopic (exact) mass is 462 g/mol. The van der Waals surface area contributed by atoms with E-state index in [0.29, 0.717) is 22.8 Å². The first-order chi connectivity index (χ1) is 14.9. The smallest absolute Gasteiger partial charge is 0.416 e. The molecule has 1 aliphatic rings. The average Bonchev–Trinajstić information content (AvgIpc) is 3.19. The number of carbonyl (C=O) groups excluding carboxylic acids is 1. The van der Waals surface area contributed by atoms with Crippen LogP contribution >= 0.6 is 0 Å². The number of hydrogen-bond donors (Lipinski definition) is 2. The van der Waals surface area contributed by atoms with Gasteiger partial charge >= 0.3 is 6.18 Å². The Kier molecular flexibility index (Phi) is 5.12. The predicted molar refractivity (Wildman–Crippen MR) is 113 cm³/mol. The van der Waals surface area contributed by atoms with Crippen LogP contribution in [0.1, 0.15) is 28.2 Å². The van der Waals surface area contributed by atoms with E-state index in [1.54, 1.807) is 13.0 Å². The van der Waals surface area contributed by atoms with E-state index in [1.807, 2.05) is 6.92 Å². The molecular formula is C22H17F3N2O4S. The van der Waals surface area contributed by atoms with Gasteiger partial charge in [0.2, 0.25) is 0 Å². The minimum absolute atomic E-state index is 0.0231. The molecule has 0 bridgehead atoms. The van der Waals surface area contributed by atoms with E-state index in [1.165, 1.54) is 24.3 Å². The number of sulfonamides is 1. The van der Waals surface area contributed by atoms with Gasteiger partial charge in [-0.2, -0.15) is 13.2 Å². The van der Waals surface area contributed by atoms with Crippen molar-refractivity contribution in [3.05, 3.63) is 76.7 Å². The topological polar surface area (TPSA) is 88.4 Å². The third-order valence-electron chi connectivity index (χ3n) is 5.02. The van der Waals surface area contributed by atoms with Gasteiger partial charge in [0.1, 0.15) is 11.5 Å². The third kappa shape index (κ3) is 4.13. The molecule has 0 saturated heterocycles. The molecule has 1 aromatic heterocycles. The molecule has 6 nitrogen and oxygen atoms in total. The highest BCUT2D eigenvalue weighted by Crippen LogP contribution is 2.36. The molecule has 0 radical (unpaired) electrons. The Morgan fingerprint density at radius 2 is 1.72 bits per heavy atom. The van der Waals surface area contributed by atoms with Crippen LogP contribution < -0.4 is 10.0 Å². The van der Waals surface area contributed by atoms with Crippen molar-refractivity contribution in [1.29, 1.82) is 0 Å². The van der Waals surface area contributed by atoms with Gasteiger partial charge < -0.3 is 9.73 Å². The molecule has 0 atom stereocenters. The SMILES string of the molecule is Cc1cc(C=C2C(=O)Nc3ccc(S(=O)(=O)Nc4ccc(C(F)(F)F)cc4)cc32)oc1C. The van der Waals surface area contributed by atoms with E-state index < -0.39 is 27.7 Å². The predicted octanol–water partition coefficient (Wildman–Crippen LogP) is 5.21. The van der Waals surface area contributed by atoms with Crippen molar-refractivity contribution in [2.24, 2.45) is 0 Å². The Hall–Kier alpha value is -3.53. The Bertz CT molecular complexity index is 1340. The van der Waals surface area contributed by atoms with Crippen molar-refractivity contribution in [3.8, 4) is 0 Å². The fourth-order valence-electron chi connectivity index (χ4n) is 3.23. The number of alkyl halides is 3. The van der Waals surface area contributed by atoms with Crippen LogP contribution in [0.25, 0.3) is 11.6 Å². The first-order valence-electron chi connectivity index (χ1n) is 9.39. The van der Waals surface area contributed by atoms with Crippen LogP contribution in [0.4, 0.5) is 24.5 Å². The van der Waals surface area contributed by atoms with Crippen LogP contribution in [0.5, 0.6) is 0 Å². The first kappa shape index (κ1) is 21.7. The Morgan fingerprint density at radius 3 is 2.31 bits per heavy atom. The highest BCUT2D eigenvalue weighted by molar-refractivity contribution is 7.92. The number of aryl methyl sites for hydroxylation is 2. The molecule has 0 fully saturated rings. The van der Waals surface area contributed by atoms with Gasteiger partial charge in [-0.3, -0.25) is 9.52 Å². The van der Waals surface area contributed by atoms with Gasteiger partial charge in [0.15, 0.2) is 0 Å². The Balaban J connectivity index is 1.66. The zero-order valence-corrected chi connectivity index (χ0v) is 17.7. The van der Waals surface area contributed by atoms with E-state index in [9.17, 15) is 26.4 Å². The highest BCUT2D eigenvalue weighted by atomic mass is 32.2. The summed E-state index contributed by atoms with van der Waals surface area (Å²) in [6, 6.07) is 9.49. The molecule has 10 heteroatoms. The van der Waals surface area contributed by atoms with E-state index in [0.717, 1.165) is 29.8 Å². The van der Waals surface area contributed by atoms with E-state index >= 15 is 0 Å². The van der Waals surface area contributed by atoms with Gasteiger partial charge in [0, 0.05) is 16.9 Å². The largest absolute Gasteiger partial charge is 0.462 e. The number of amides is 1. The maximum absolute atomic E-state index is 12.8. The van der Waals surface area contributed by atoms with Crippen LogP contribution in [0.3, 0.4) is 0 Å². The number of furan rings is 1. The molecule has 1 aliphatic heterocycles. The molecule has 2 N–H and O–H groups in total. The zero-order valence-electron chi connectivity index (χ0n) is 16.9. The molecule has 2 aromatic carbocycles. The van der Waals surface area contributed by atoms with E-state index in [2.05, 4.69) is 10.0 Å². The molecule has 0 saturated carbocycles. The van der Waals surface area contributed by atoms with Crippen molar-refractivity contribution in [2.75, 3.05) is 10.0 Å². The van der Waals surface area contributed by atoms with Gasteiger partial charge in [-0.1, -0.05) is 0 Å². The van der Waals surface area contributed by atoms with Crippen molar-refractivity contribution < 1.29 is 30.8 Å². The third-order valence-corrected chi connectivity index (χ3v) is 6.40. The van der Waals surface area contributed by atoms with Gasteiger partial charge in [-0.25, -0.2) is 8.42 Å². The number of hydrogen-bond acceptors (Lipinski definition) is 4. The van der Waals surface area contributed by atoms with Gasteiger partial charge in [-0.05, 0) is 74.0 Å². The number of anilines is 2. The van der Waals surface area contributed by atoms with Crippen molar-refractivity contribution >= 4 is 39.0 Å². The summed E-state index contributed by atoms with van der Waals surface area (Å²) in [7, 11) is -4.12. The van der Waals surface area contributed by atoms with Crippen molar-refractivity contribution in [3.63, 3.8) is 0 Å². The van der Waals surface area contributed by atoms with Crippen LogP contribution in [-0.4, -0.2) is 14.3 Å². The Labute approximate surface area is 181 Å². The molecule has 4 rings (SSSR count). The summed E-state index contributed by atoms with van der Waals surface area (Å²) in [4.78, 5) is 12.3. The lowest BCUT2D eigenvalue weighted by atomic mass is 10.1. The molecular weight excluding hydrogens is 445 g/mol. The summed E-state index contributed by atoms with van der Waals surface area (Å²) in [5, 5.41) is 2.67. The normalized spacial score (nSPS) is 15.0. The molecule has 0 spiro atoms. The molecule has 32 heavy (non-hydrogen) atoms. The number of nitrogens with one attached hydrogen (secondary N) is 2. The van der Waals surface area contributed by atoms with Crippen LogP contribution in [0, 0.1) is 13.8 Å². The van der Waals surface area contributed by atoms with E-state index in [-0.39, 0.29) is 16.2 Å². The molecule has 0 unspecified atom stereocenters. The minimum atomic E-state index is -4.52. The second kappa shape index (κ2) is 7.56. The average molecular weight is 462 g/mol. The number of carbonyl (C=O) groups is 1.